The molecular formula is C22H27Cl2N3O6S2. The molecule has 13 heteroatoms. The number of amides is 1. The average molecular weight is 565 g/mol. The van der Waals surface area contributed by atoms with Gasteiger partial charge < -0.3 is 10.1 Å². The summed E-state index contributed by atoms with van der Waals surface area (Å²) >= 11 is 12.0. The molecule has 1 saturated heterocycles. The van der Waals surface area contributed by atoms with Gasteiger partial charge in [-0.3, -0.25) is 9.10 Å². The van der Waals surface area contributed by atoms with Gasteiger partial charge in [-0.1, -0.05) is 23.2 Å². The van der Waals surface area contributed by atoms with Crippen molar-refractivity contribution in [1.29, 1.82) is 0 Å². The zero-order chi connectivity index (χ0) is 25.8. The maximum Gasteiger partial charge on any atom is 0.243 e. The number of hydrogen-bond acceptors (Lipinski definition) is 6. The van der Waals surface area contributed by atoms with Crippen LogP contribution in [0.1, 0.15) is 19.8 Å². The number of hydrogen-bond donors (Lipinski definition) is 1. The first-order valence-electron chi connectivity index (χ1n) is 10.9. The van der Waals surface area contributed by atoms with E-state index in [9.17, 15) is 21.6 Å². The molecule has 9 nitrogen and oxygen atoms in total. The lowest BCUT2D eigenvalue weighted by atomic mass is 10.2. The Hall–Kier alpha value is -2.05. The van der Waals surface area contributed by atoms with Gasteiger partial charge in [0.1, 0.15) is 18.4 Å². The van der Waals surface area contributed by atoms with Crippen LogP contribution in [-0.4, -0.2) is 65.6 Å². The molecule has 2 aromatic carbocycles. The summed E-state index contributed by atoms with van der Waals surface area (Å²) in [6.45, 7) is 2.70. The van der Waals surface area contributed by atoms with Gasteiger partial charge in [0.15, 0.2) is 0 Å². The van der Waals surface area contributed by atoms with Crippen molar-refractivity contribution in [2.45, 2.75) is 30.7 Å². The van der Waals surface area contributed by atoms with Crippen molar-refractivity contribution in [3.05, 3.63) is 52.5 Å². The van der Waals surface area contributed by atoms with Gasteiger partial charge in [0.05, 0.1) is 23.4 Å². The molecule has 0 aliphatic carbocycles. The molecular weight excluding hydrogens is 537 g/mol. The Morgan fingerprint density at radius 1 is 1.06 bits per heavy atom. The van der Waals surface area contributed by atoms with E-state index >= 15 is 0 Å². The van der Waals surface area contributed by atoms with Crippen molar-refractivity contribution in [2.75, 3.05) is 36.8 Å². The molecule has 1 unspecified atom stereocenters. The molecule has 2 aromatic rings. The van der Waals surface area contributed by atoms with Gasteiger partial charge in [0.25, 0.3) is 0 Å². The van der Waals surface area contributed by atoms with Crippen LogP contribution in [0.25, 0.3) is 0 Å². The molecule has 0 bridgehead atoms. The van der Waals surface area contributed by atoms with E-state index in [4.69, 9.17) is 27.9 Å². The van der Waals surface area contributed by atoms with E-state index in [2.05, 4.69) is 5.32 Å². The second-order valence-corrected chi connectivity index (χ2v) is 12.8. The number of sulfonamides is 2. The van der Waals surface area contributed by atoms with Gasteiger partial charge in [-0.25, -0.2) is 16.8 Å². The quantitative estimate of drug-likeness (QED) is 0.444. The van der Waals surface area contributed by atoms with Gasteiger partial charge in [0.2, 0.25) is 26.0 Å². The molecule has 1 heterocycles. The summed E-state index contributed by atoms with van der Waals surface area (Å²) in [6, 6.07) is 9.30. The molecule has 1 aliphatic rings. The number of rotatable bonds is 10. The molecule has 1 amide bonds. The summed E-state index contributed by atoms with van der Waals surface area (Å²) in [4.78, 5) is 12.9. The number of nitrogens with zero attached hydrogens (tertiary/aromatic N) is 2. The maximum absolute atomic E-state index is 12.7. The zero-order valence-corrected chi connectivity index (χ0v) is 22.4. The Morgan fingerprint density at radius 3 is 2.17 bits per heavy atom. The minimum atomic E-state index is -3.82. The monoisotopic (exact) mass is 563 g/mol. The molecule has 0 saturated carbocycles. The summed E-state index contributed by atoms with van der Waals surface area (Å²) in [5, 5.41) is 3.11. The van der Waals surface area contributed by atoms with Crippen LogP contribution in [0, 0.1) is 0 Å². The predicted molar refractivity (Wildman–Crippen MR) is 136 cm³/mol. The van der Waals surface area contributed by atoms with Crippen LogP contribution < -0.4 is 14.4 Å². The van der Waals surface area contributed by atoms with Crippen LogP contribution in [-0.2, 0) is 24.8 Å². The highest BCUT2D eigenvalue weighted by atomic mass is 35.5. The predicted octanol–water partition coefficient (Wildman–Crippen LogP) is 3.13. The van der Waals surface area contributed by atoms with Crippen molar-refractivity contribution in [1.82, 2.24) is 9.62 Å². The largest absolute Gasteiger partial charge is 0.492 e. The van der Waals surface area contributed by atoms with Crippen LogP contribution in [0.4, 0.5) is 5.69 Å². The first-order chi connectivity index (χ1) is 16.4. The van der Waals surface area contributed by atoms with Gasteiger partial charge >= 0.3 is 0 Å². The van der Waals surface area contributed by atoms with Crippen LogP contribution in [0.15, 0.2) is 47.4 Å². The molecule has 3 rings (SSSR count). The number of carbonyl (C=O) groups excluding carboxylic acids is 1. The first-order valence-corrected chi connectivity index (χ1v) is 14.9. The summed E-state index contributed by atoms with van der Waals surface area (Å²) in [5.41, 5.74) is 0.174. The molecule has 1 atom stereocenters. The highest BCUT2D eigenvalue weighted by molar-refractivity contribution is 7.92. The second-order valence-electron chi connectivity index (χ2n) is 8.08. The van der Waals surface area contributed by atoms with E-state index in [0.29, 0.717) is 18.8 Å². The summed E-state index contributed by atoms with van der Waals surface area (Å²) in [7, 11) is -7.32. The topological polar surface area (TPSA) is 113 Å². The van der Waals surface area contributed by atoms with Gasteiger partial charge in [-0.15, -0.1) is 0 Å². The number of benzene rings is 2. The lowest BCUT2D eigenvalue weighted by Crippen LogP contribution is -2.48. The van der Waals surface area contributed by atoms with Crippen molar-refractivity contribution < 1.29 is 26.4 Å². The minimum Gasteiger partial charge on any atom is -0.492 e. The van der Waals surface area contributed by atoms with E-state index < -0.39 is 32.0 Å². The number of anilines is 1. The van der Waals surface area contributed by atoms with Crippen molar-refractivity contribution in [3.63, 3.8) is 0 Å². The molecule has 0 spiro atoms. The SMILES string of the molecule is CC(C(=O)NCCOc1ccc(S(=O)(=O)N2CCCC2)cc1)N(c1cc(Cl)cc(Cl)c1)S(C)(=O)=O. The van der Waals surface area contributed by atoms with Crippen molar-refractivity contribution in [3.8, 4) is 5.75 Å². The van der Waals surface area contributed by atoms with Crippen LogP contribution in [0.2, 0.25) is 10.0 Å². The summed E-state index contributed by atoms with van der Waals surface area (Å²) < 4.78 is 57.9. The van der Waals surface area contributed by atoms with Gasteiger partial charge in [-0.05, 0) is 62.2 Å². The molecule has 1 fully saturated rings. The molecule has 0 aromatic heterocycles. The van der Waals surface area contributed by atoms with Crippen molar-refractivity contribution in [2.24, 2.45) is 0 Å². The Balaban J connectivity index is 1.56. The van der Waals surface area contributed by atoms with Crippen LogP contribution >= 0.6 is 23.2 Å². The third-order valence-electron chi connectivity index (χ3n) is 5.39. The normalized spacial score (nSPS) is 15.5. The zero-order valence-electron chi connectivity index (χ0n) is 19.3. The van der Waals surface area contributed by atoms with Gasteiger partial charge in [0, 0.05) is 23.1 Å². The van der Waals surface area contributed by atoms with Gasteiger partial charge in [-0.2, -0.15) is 4.31 Å². The molecule has 192 valence electrons. The molecule has 1 N–H and O–H groups in total. The Bertz CT molecular complexity index is 1240. The fraction of sp³-hybridized carbons (Fsp3) is 0.409. The first kappa shape index (κ1) is 27.5. The Morgan fingerprint density at radius 2 is 1.63 bits per heavy atom. The lowest BCUT2D eigenvalue weighted by molar-refractivity contribution is -0.121. The van der Waals surface area contributed by atoms with E-state index in [-0.39, 0.29) is 33.8 Å². The number of halogens is 2. The number of nitrogens with one attached hydrogen (secondary N) is 1. The lowest BCUT2D eigenvalue weighted by Gasteiger charge is -2.28. The maximum atomic E-state index is 12.7. The smallest absolute Gasteiger partial charge is 0.243 e. The standard InChI is InChI=1S/C22H27Cl2N3O6S2/c1-16(27(34(2,29)30)19-14-17(23)13-18(24)15-19)22(28)25-9-12-33-20-5-7-21(8-6-20)35(31,32)26-10-3-4-11-26/h5-8,13-16H,3-4,9-12H2,1-2H3,(H,25,28). The Kier molecular flexibility index (Phi) is 8.92. The van der Waals surface area contributed by atoms with Crippen LogP contribution in [0.3, 0.4) is 0 Å². The Labute approximate surface area is 216 Å². The third-order valence-corrected chi connectivity index (χ3v) is 8.98. The molecule has 35 heavy (non-hydrogen) atoms. The molecule has 1 aliphatic heterocycles. The summed E-state index contributed by atoms with van der Waals surface area (Å²) in [6.07, 6.45) is 2.71. The average Bonchev–Trinajstić information content (AvgIpc) is 3.31. The van der Waals surface area contributed by atoms with E-state index in [1.54, 1.807) is 12.1 Å². The second kappa shape index (κ2) is 11.3. The van der Waals surface area contributed by atoms with E-state index in [1.807, 2.05) is 0 Å². The highest BCUT2D eigenvalue weighted by Crippen LogP contribution is 2.28. The third kappa shape index (κ3) is 7.01. The highest BCUT2D eigenvalue weighted by Gasteiger charge is 2.30. The minimum absolute atomic E-state index is 0.0958. The van der Waals surface area contributed by atoms with E-state index in [0.717, 1.165) is 23.4 Å². The fourth-order valence-corrected chi connectivity index (χ4v) is 6.94. The summed E-state index contributed by atoms with van der Waals surface area (Å²) in [5.74, 6) is -0.0961. The molecule has 0 radical (unpaired) electrons. The van der Waals surface area contributed by atoms with Crippen molar-refractivity contribution >= 4 is 54.8 Å². The van der Waals surface area contributed by atoms with Crippen LogP contribution in [0.5, 0.6) is 5.75 Å². The number of ether oxygens (including phenoxy) is 1. The van der Waals surface area contributed by atoms with E-state index in [1.165, 1.54) is 41.6 Å². The fourth-order valence-electron chi connectivity index (χ4n) is 3.75. The number of carbonyl (C=O) groups is 1.